The number of rotatable bonds is 4. The van der Waals surface area contributed by atoms with E-state index >= 15 is 0 Å². The number of aromatic nitrogens is 1. The Balaban J connectivity index is 1.95. The molecule has 0 aliphatic rings. The van der Waals surface area contributed by atoms with E-state index in [1.54, 1.807) is 0 Å². The molecule has 0 fully saturated rings. The van der Waals surface area contributed by atoms with E-state index in [2.05, 4.69) is 89.3 Å². The first-order valence-corrected chi connectivity index (χ1v) is 8.46. The molecule has 1 N–H and O–H groups in total. The number of allylic oxidation sites excluding steroid dienone is 2. The Morgan fingerprint density at radius 2 is 1.56 bits per heavy atom. The van der Waals surface area contributed by atoms with Gasteiger partial charge in [0, 0.05) is 38.9 Å². The van der Waals surface area contributed by atoms with E-state index in [1.165, 1.54) is 10.8 Å². The summed E-state index contributed by atoms with van der Waals surface area (Å²) in [7, 11) is 0. The molecule has 4 rings (SSSR count). The first kappa shape index (κ1) is 15.3. The minimum absolute atomic E-state index is 1.06. The molecule has 0 radical (unpaired) electrons. The van der Waals surface area contributed by atoms with E-state index in [1.807, 2.05) is 19.1 Å². The average Bonchev–Trinajstić information content (AvgIpc) is 3.04. The lowest BCUT2D eigenvalue weighted by molar-refractivity contribution is 1.20. The molecular formula is C23H20N2. The highest BCUT2D eigenvalue weighted by Gasteiger charge is 2.13. The van der Waals surface area contributed by atoms with Gasteiger partial charge in [0.1, 0.15) is 0 Å². The number of fused-ring (bicyclic) bond motifs is 3. The van der Waals surface area contributed by atoms with Crippen LogP contribution in [-0.2, 0) is 0 Å². The van der Waals surface area contributed by atoms with Gasteiger partial charge in [0.25, 0.3) is 0 Å². The summed E-state index contributed by atoms with van der Waals surface area (Å²) in [6.45, 7) is 6.03. The number of anilines is 2. The summed E-state index contributed by atoms with van der Waals surface area (Å²) in [4.78, 5) is 5.72. The summed E-state index contributed by atoms with van der Waals surface area (Å²) in [5.74, 6) is 0. The number of nitrogens with one attached hydrogen (secondary N) is 1. The Labute approximate surface area is 147 Å². The molecule has 0 amide bonds. The number of benzene rings is 3. The fraction of sp³-hybridized carbons (Fsp3) is 0.0435. The quantitative estimate of drug-likeness (QED) is 0.422. The van der Waals surface area contributed by atoms with Gasteiger partial charge in [-0.3, -0.25) is 0 Å². The molecule has 2 heteroatoms. The van der Waals surface area contributed by atoms with E-state index in [0.717, 1.165) is 28.1 Å². The second-order valence-corrected chi connectivity index (χ2v) is 5.99. The highest BCUT2D eigenvalue weighted by atomic mass is 15.1. The highest BCUT2D eigenvalue weighted by Crippen LogP contribution is 2.34. The Morgan fingerprint density at radius 3 is 2.32 bits per heavy atom. The average molecular weight is 324 g/mol. The van der Waals surface area contributed by atoms with E-state index < -0.39 is 0 Å². The fourth-order valence-corrected chi connectivity index (χ4v) is 3.34. The molecule has 4 aromatic rings. The van der Waals surface area contributed by atoms with Gasteiger partial charge in [-0.15, -0.1) is 0 Å². The van der Waals surface area contributed by atoms with Crippen molar-refractivity contribution < 1.29 is 0 Å². The number of H-pyrrole nitrogens is 1. The zero-order valence-electron chi connectivity index (χ0n) is 14.2. The third-order valence-electron chi connectivity index (χ3n) is 4.53. The second kappa shape index (κ2) is 6.33. The Kier molecular flexibility index (Phi) is 3.87. The lowest BCUT2D eigenvalue weighted by Gasteiger charge is -2.26. The summed E-state index contributed by atoms with van der Waals surface area (Å²) in [5.41, 5.74) is 5.62. The van der Waals surface area contributed by atoms with Crippen molar-refractivity contribution >= 4 is 33.2 Å². The van der Waals surface area contributed by atoms with Gasteiger partial charge in [0.15, 0.2) is 0 Å². The van der Waals surface area contributed by atoms with Crippen molar-refractivity contribution in [2.75, 3.05) is 4.90 Å². The van der Waals surface area contributed by atoms with E-state index in [-0.39, 0.29) is 0 Å². The molecule has 0 atom stereocenters. The molecule has 1 heterocycles. The number of para-hydroxylation sites is 2. The van der Waals surface area contributed by atoms with Gasteiger partial charge < -0.3 is 9.88 Å². The van der Waals surface area contributed by atoms with Gasteiger partial charge in [-0.1, -0.05) is 49.1 Å². The monoisotopic (exact) mass is 324 g/mol. The van der Waals surface area contributed by atoms with Crippen molar-refractivity contribution in [2.24, 2.45) is 0 Å². The first-order valence-electron chi connectivity index (χ1n) is 8.46. The first-order chi connectivity index (χ1) is 12.3. The molecule has 0 saturated carbocycles. The molecule has 0 unspecified atom stereocenters. The molecule has 0 aliphatic carbocycles. The highest BCUT2D eigenvalue weighted by molar-refractivity contribution is 6.08. The van der Waals surface area contributed by atoms with Crippen LogP contribution in [0, 0.1) is 0 Å². The van der Waals surface area contributed by atoms with E-state index in [4.69, 9.17) is 0 Å². The number of aromatic amines is 1. The van der Waals surface area contributed by atoms with Gasteiger partial charge in [0.2, 0.25) is 0 Å². The molecule has 0 spiro atoms. The van der Waals surface area contributed by atoms with Crippen LogP contribution < -0.4 is 4.90 Å². The van der Waals surface area contributed by atoms with E-state index in [0.29, 0.717) is 0 Å². The van der Waals surface area contributed by atoms with Crippen LogP contribution in [0.4, 0.5) is 11.4 Å². The molecule has 2 nitrogen and oxygen atoms in total. The molecule has 122 valence electrons. The van der Waals surface area contributed by atoms with Crippen LogP contribution in [0.2, 0.25) is 0 Å². The number of hydrogen-bond acceptors (Lipinski definition) is 1. The maximum absolute atomic E-state index is 3.99. The van der Waals surface area contributed by atoms with Crippen LogP contribution >= 0.6 is 0 Å². The molecule has 25 heavy (non-hydrogen) atoms. The largest absolute Gasteiger partial charge is 0.355 e. The van der Waals surface area contributed by atoms with Gasteiger partial charge >= 0.3 is 0 Å². The van der Waals surface area contributed by atoms with Gasteiger partial charge in [-0.05, 0) is 49.4 Å². The van der Waals surface area contributed by atoms with Crippen LogP contribution in [-0.4, -0.2) is 4.98 Å². The summed E-state index contributed by atoms with van der Waals surface area (Å²) >= 11 is 0. The molecule has 1 aromatic heterocycles. The smallest absolute Gasteiger partial charge is 0.0469 e. The predicted octanol–water partition coefficient (Wildman–Crippen LogP) is 6.55. The van der Waals surface area contributed by atoms with Crippen molar-refractivity contribution in [1.82, 2.24) is 4.98 Å². The molecule has 0 bridgehead atoms. The van der Waals surface area contributed by atoms with Crippen molar-refractivity contribution in [1.29, 1.82) is 0 Å². The normalized spacial score (nSPS) is 11.8. The summed E-state index contributed by atoms with van der Waals surface area (Å²) in [6, 6.07) is 25.4. The summed E-state index contributed by atoms with van der Waals surface area (Å²) < 4.78 is 0. The standard InChI is InChI=1S/C23H20N2/c1-3-17(4-2)25(18-10-6-5-7-11-18)19-14-15-23-21(16-19)20-12-8-9-13-22(20)24-23/h3-16,24H,1H2,2H3/b17-4+. The zero-order chi connectivity index (χ0) is 17.2. The van der Waals surface area contributed by atoms with Gasteiger partial charge in [0.05, 0.1) is 0 Å². The molecule has 0 aliphatic heterocycles. The maximum Gasteiger partial charge on any atom is 0.0469 e. The van der Waals surface area contributed by atoms with Crippen LogP contribution in [0.3, 0.4) is 0 Å². The van der Waals surface area contributed by atoms with Crippen molar-refractivity contribution in [2.45, 2.75) is 6.92 Å². The van der Waals surface area contributed by atoms with Crippen molar-refractivity contribution in [3.63, 3.8) is 0 Å². The minimum atomic E-state index is 1.06. The molecule has 0 saturated heterocycles. The van der Waals surface area contributed by atoms with Crippen LogP contribution in [0.15, 0.2) is 97.2 Å². The van der Waals surface area contributed by atoms with Gasteiger partial charge in [-0.2, -0.15) is 0 Å². The third-order valence-corrected chi connectivity index (χ3v) is 4.53. The second-order valence-electron chi connectivity index (χ2n) is 5.99. The fourth-order valence-electron chi connectivity index (χ4n) is 3.34. The van der Waals surface area contributed by atoms with E-state index in [9.17, 15) is 0 Å². The number of nitrogens with zero attached hydrogens (tertiary/aromatic N) is 1. The third kappa shape index (κ3) is 2.62. The number of hydrogen-bond donors (Lipinski definition) is 1. The molecule has 3 aromatic carbocycles. The summed E-state index contributed by atoms with van der Waals surface area (Å²) in [6.07, 6.45) is 3.98. The lowest BCUT2D eigenvalue weighted by Crippen LogP contribution is -2.14. The Hall–Kier alpha value is -3.26. The van der Waals surface area contributed by atoms with Crippen molar-refractivity contribution in [3.8, 4) is 0 Å². The van der Waals surface area contributed by atoms with Crippen molar-refractivity contribution in [3.05, 3.63) is 97.2 Å². The molecular weight excluding hydrogens is 304 g/mol. The SMILES string of the molecule is C=C/C(=C\C)N(c1ccccc1)c1ccc2[nH]c3ccccc3c2c1. The minimum Gasteiger partial charge on any atom is -0.355 e. The lowest BCUT2D eigenvalue weighted by atomic mass is 10.1. The Bertz CT molecular complexity index is 1070. The maximum atomic E-state index is 3.99. The summed E-state index contributed by atoms with van der Waals surface area (Å²) in [5, 5.41) is 2.47. The topological polar surface area (TPSA) is 19.0 Å². The predicted molar refractivity (Wildman–Crippen MR) is 108 cm³/mol. The van der Waals surface area contributed by atoms with Crippen LogP contribution in [0.1, 0.15) is 6.92 Å². The van der Waals surface area contributed by atoms with Crippen LogP contribution in [0.25, 0.3) is 21.8 Å². The zero-order valence-corrected chi connectivity index (χ0v) is 14.2. The van der Waals surface area contributed by atoms with Gasteiger partial charge in [-0.25, -0.2) is 0 Å². The Morgan fingerprint density at radius 1 is 0.840 bits per heavy atom. The van der Waals surface area contributed by atoms with Crippen LogP contribution in [0.5, 0.6) is 0 Å².